The summed E-state index contributed by atoms with van der Waals surface area (Å²) in [7, 11) is 0. The second-order valence-electron chi connectivity index (χ2n) is 4.10. The third-order valence-corrected chi connectivity index (χ3v) is 3.43. The van der Waals surface area contributed by atoms with Crippen LogP contribution in [0.3, 0.4) is 0 Å². The summed E-state index contributed by atoms with van der Waals surface area (Å²) < 4.78 is 1.81. The topological polar surface area (TPSA) is 50.9 Å². The number of aliphatic hydroxyl groups is 1. The van der Waals surface area contributed by atoms with Gasteiger partial charge in [0.15, 0.2) is 0 Å². The Labute approximate surface area is 105 Å². The monoisotopic (exact) mass is 251 g/mol. The van der Waals surface area contributed by atoms with Crippen LogP contribution in [0.5, 0.6) is 0 Å². The number of nitrogens with zero attached hydrogens (tertiary/aromatic N) is 3. The van der Waals surface area contributed by atoms with Gasteiger partial charge in [-0.1, -0.05) is 6.92 Å². The van der Waals surface area contributed by atoms with Crippen LogP contribution < -0.4 is 0 Å². The van der Waals surface area contributed by atoms with Crippen molar-refractivity contribution in [3.63, 3.8) is 0 Å². The van der Waals surface area contributed by atoms with Crippen molar-refractivity contribution in [2.24, 2.45) is 0 Å². The number of hydrogen-bond acceptors (Lipinski definition) is 4. The standard InChI is InChI=1S/C12H17N3OS/c1-3-4-12-13-10(8-17-12)7-15-6-5-11(14-15)9(2)16/h5-6,8-9,16H,3-4,7H2,1-2H3. The number of rotatable bonds is 5. The Hall–Kier alpha value is -1.20. The van der Waals surface area contributed by atoms with Crippen molar-refractivity contribution >= 4 is 11.3 Å². The SMILES string of the molecule is CCCc1nc(Cn2ccc(C(C)O)n2)cs1. The van der Waals surface area contributed by atoms with Gasteiger partial charge < -0.3 is 5.11 Å². The van der Waals surface area contributed by atoms with Gasteiger partial charge in [0.2, 0.25) is 0 Å². The zero-order chi connectivity index (χ0) is 12.3. The van der Waals surface area contributed by atoms with Gasteiger partial charge in [0.25, 0.3) is 0 Å². The average Bonchev–Trinajstić information content (AvgIpc) is 2.89. The molecule has 1 atom stereocenters. The van der Waals surface area contributed by atoms with E-state index in [0.717, 1.165) is 18.5 Å². The molecule has 0 saturated carbocycles. The van der Waals surface area contributed by atoms with E-state index < -0.39 is 6.10 Å². The van der Waals surface area contributed by atoms with Crippen LogP contribution in [0.1, 0.15) is 42.8 Å². The van der Waals surface area contributed by atoms with E-state index in [2.05, 4.69) is 22.4 Å². The molecule has 4 nitrogen and oxygen atoms in total. The molecular formula is C12H17N3OS. The highest BCUT2D eigenvalue weighted by Gasteiger charge is 2.06. The molecule has 92 valence electrons. The van der Waals surface area contributed by atoms with Crippen molar-refractivity contribution in [1.29, 1.82) is 0 Å². The number of aliphatic hydroxyl groups excluding tert-OH is 1. The summed E-state index contributed by atoms with van der Waals surface area (Å²) in [5.74, 6) is 0. The fourth-order valence-corrected chi connectivity index (χ4v) is 2.50. The van der Waals surface area contributed by atoms with Gasteiger partial charge in [-0.05, 0) is 25.8 Å². The van der Waals surface area contributed by atoms with Crippen LogP contribution in [0, 0.1) is 0 Å². The van der Waals surface area contributed by atoms with Crippen molar-refractivity contribution < 1.29 is 5.11 Å². The second kappa shape index (κ2) is 5.42. The van der Waals surface area contributed by atoms with E-state index in [-0.39, 0.29) is 0 Å². The van der Waals surface area contributed by atoms with E-state index in [1.165, 1.54) is 5.01 Å². The first-order chi connectivity index (χ1) is 8.19. The number of thiazole rings is 1. The smallest absolute Gasteiger partial charge is 0.0950 e. The van der Waals surface area contributed by atoms with Gasteiger partial charge in [-0.15, -0.1) is 11.3 Å². The average molecular weight is 251 g/mol. The molecule has 0 saturated heterocycles. The van der Waals surface area contributed by atoms with E-state index >= 15 is 0 Å². The molecule has 1 unspecified atom stereocenters. The van der Waals surface area contributed by atoms with Gasteiger partial charge >= 0.3 is 0 Å². The van der Waals surface area contributed by atoms with Gasteiger partial charge in [0, 0.05) is 11.6 Å². The maximum Gasteiger partial charge on any atom is 0.0950 e. The quantitative estimate of drug-likeness (QED) is 0.887. The summed E-state index contributed by atoms with van der Waals surface area (Å²) in [6, 6.07) is 1.84. The van der Waals surface area contributed by atoms with Gasteiger partial charge in [-0.25, -0.2) is 4.98 Å². The van der Waals surface area contributed by atoms with Crippen molar-refractivity contribution in [3.8, 4) is 0 Å². The molecule has 1 N–H and O–H groups in total. The normalized spacial score (nSPS) is 12.9. The van der Waals surface area contributed by atoms with Crippen molar-refractivity contribution in [2.75, 3.05) is 0 Å². The fraction of sp³-hybridized carbons (Fsp3) is 0.500. The molecule has 0 fully saturated rings. The Morgan fingerprint density at radius 1 is 1.53 bits per heavy atom. The largest absolute Gasteiger partial charge is 0.387 e. The summed E-state index contributed by atoms with van der Waals surface area (Å²) in [6.45, 7) is 4.55. The molecule has 0 aliphatic carbocycles. The predicted octanol–water partition coefficient (Wildman–Crippen LogP) is 2.39. The second-order valence-corrected chi connectivity index (χ2v) is 5.04. The van der Waals surface area contributed by atoms with E-state index in [0.29, 0.717) is 12.2 Å². The molecule has 2 rings (SSSR count). The zero-order valence-corrected chi connectivity index (χ0v) is 10.9. The van der Waals surface area contributed by atoms with E-state index in [4.69, 9.17) is 0 Å². The molecule has 0 radical (unpaired) electrons. The first-order valence-corrected chi connectivity index (χ1v) is 6.71. The molecule has 0 aliphatic rings. The molecule has 2 aromatic rings. The minimum atomic E-state index is -0.512. The Morgan fingerprint density at radius 2 is 2.35 bits per heavy atom. The van der Waals surface area contributed by atoms with Gasteiger partial charge in [0.1, 0.15) is 0 Å². The van der Waals surface area contributed by atoms with Crippen LogP contribution in [0.4, 0.5) is 0 Å². The van der Waals surface area contributed by atoms with Gasteiger partial charge in [-0.3, -0.25) is 4.68 Å². The summed E-state index contributed by atoms with van der Waals surface area (Å²) in [5.41, 5.74) is 1.74. The number of aryl methyl sites for hydroxylation is 1. The van der Waals surface area contributed by atoms with Crippen LogP contribution in [0.2, 0.25) is 0 Å². The maximum absolute atomic E-state index is 9.39. The summed E-state index contributed by atoms with van der Waals surface area (Å²) in [6.07, 6.45) is 3.53. The number of hydrogen-bond donors (Lipinski definition) is 1. The summed E-state index contributed by atoms with van der Waals surface area (Å²) in [4.78, 5) is 4.54. The third-order valence-electron chi connectivity index (χ3n) is 2.48. The minimum absolute atomic E-state index is 0.512. The molecule has 0 spiro atoms. The Morgan fingerprint density at radius 3 is 3.00 bits per heavy atom. The van der Waals surface area contributed by atoms with Gasteiger partial charge in [0.05, 0.1) is 29.0 Å². The van der Waals surface area contributed by atoms with Crippen LogP contribution in [-0.2, 0) is 13.0 Å². The molecule has 2 heterocycles. The van der Waals surface area contributed by atoms with Crippen LogP contribution in [0.15, 0.2) is 17.6 Å². The highest BCUT2D eigenvalue weighted by Crippen LogP contribution is 2.14. The van der Waals surface area contributed by atoms with Crippen LogP contribution in [0.25, 0.3) is 0 Å². The summed E-state index contributed by atoms with van der Waals surface area (Å²) >= 11 is 1.70. The lowest BCUT2D eigenvalue weighted by Gasteiger charge is -1.99. The molecule has 0 amide bonds. The Bertz CT molecular complexity index is 476. The lowest BCUT2D eigenvalue weighted by Crippen LogP contribution is -2.02. The summed E-state index contributed by atoms with van der Waals surface area (Å²) in [5, 5.41) is 16.9. The van der Waals surface area contributed by atoms with E-state index in [9.17, 15) is 5.11 Å². The van der Waals surface area contributed by atoms with E-state index in [1.54, 1.807) is 18.3 Å². The first kappa shape index (κ1) is 12.3. The van der Waals surface area contributed by atoms with Gasteiger partial charge in [-0.2, -0.15) is 5.10 Å². The maximum atomic E-state index is 9.39. The molecule has 0 aromatic carbocycles. The molecular weight excluding hydrogens is 234 g/mol. The van der Waals surface area contributed by atoms with Crippen LogP contribution in [-0.4, -0.2) is 19.9 Å². The molecule has 5 heteroatoms. The Kier molecular flexibility index (Phi) is 3.91. The molecule has 0 bridgehead atoms. The van der Waals surface area contributed by atoms with Crippen molar-refractivity contribution in [3.05, 3.63) is 34.0 Å². The molecule has 0 aliphatic heterocycles. The van der Waals surface area contributed by atoms with Crippen molar-refractivity contribution in [2.45, 2.75) is 39.3 Å². The fourth-order valence-electron chi connectivity index (χ4n) is 1.60. The Balaban J connectivity index is 2.03. The lowest BCUT2D eigenvalue weighted by molar-refractivity contribution is 0.193. The molecule has 17 heavy (non-hydrogen) atoms. The highest BCUT2D eigenvalue weighted by atomic mass is 32.1. The third kappa shape index (κ3) is 3.14. The minimum Gasteiger partial charge on any atom is -0.387 e. The van der Waals surface area contributed by atoms with E-state index in [1.807, 2.05) is 16.9 Å². The lowest BCUT2D eigenvalue weighted by atomic mass is 10.3. The number of aromatic nitrogens is 3. The zero-order valence-electron chi connectivity index (χ0n) is 10.1. The predicted molar refractivity (Wildman–Crippen MR) is 68.1 cm³/mol. The highest BCUT2D eigenvalue weighted by molar-refractivity contribution is 7.09. The molecule has 2 aromatic heterocycles. The first-order valence-electron chi connectivity index (χ1n) is 5.83. The van der Waals surface area contributed by atoms with Crippen molar-refractivity contribution in [1.82, 2.24) is 14.8 Å². The van der Waals surface area contributed by atoms with Crippen LogP contribution >= 0.6 is 11.3 Å².